The van der Waals surface area contributed by atoms with Crippen molar-refractivity contribution in [1.82, 2.24) is 5.32 Å². The summed E-state index contributed by atoms with van der Waals surface area (Å²) >= 11 is 0. The number of nitrogens with zero attached hydrogens (tertiary/aromatic N) is 1. The van der Waals surface area contributed by atoms with E-state index in [2.05, 4.69) is 5.32 Å². The lowest BCUT2D eigenvalue weighted by Gasteiger charge is -2.32. The van der Waals surface area contributed by atoms with Gasteiger partial charge in [0.05, 0.1) is 0 Å². The number of fused-ring (bicyclic) bond motifs is 1. The van der Waals surface area contributed by atoms with Crippen molar-refractivity contribution in [2.75, 3.05) is 18.0 Å². The van der Waals surface area contributed by atoms with Gasteiger partial charge in [-0.2, -0.15) is 0 Å². The highest BCUT2D eigenvalue weighted by Gasteiger charge is 2.41. The molecular formula is C13H15FN2O. The van der Waals surface area contributed by atoms with E-state index in [-0.39, 0.29) is 17.8 Å². The first kappa shape index (κ1) is 10.7. The van der Waals surface area contributed by atoms with Crippen LogP contribution in [-0.4, -0.2) is 25.0 Å². The van der Waals surface area contributed by atoms with Gasteiger partial charge in [-0.1, -0.05) is 0 Å². The Labute approximate surface area is 99.6 Å². The van der Waals surface area contributed by atoms with Crippen LogP contribution in [-0.2, 0) is 4.79 Å². The van der Waals surface area contributed by atoms with Crippen LogP contribution in [0.15, 0.2) is 24.3 Å². The van der Waals surface area contributed by atoms with E-state index >= 15 is 0 Å². The number of hydrogen-bond acceptors (Lipinski definition) is 2. The summed E-state index contributed by atoms with van der Waals surface area (Å²) in [7, 11) is 0. The molecule has 0 aliphatic carbocycles. The molecule has 0 spiro atoms. The molecule has 2 aliphatic rings. The minimum absolute atomic E-state index is 0.162. The third kappa shape index (κ3) is 1.82. The number of carbonyl (C=O) groups excluding carboxylic acids is 1. The standard InChI is InChI=1S/C13H15FN2O/c14-10-1-3-11(4-2-10)16-12-5-6-15-8-9(12)7-13(16)17/h1-4,9,12,15H,5-8H2. The normalized spacial score (nSPS) is 28.3. The second kappa shape index (κ2) is 4.11. The summed E-state index contributed by atoms with van der Waals surface area (Å²) in [5, 5.41) is 3.32. The molecule has 1 N–H and O–H groups in total. The number of benzene rings is 1. The van der Waals surface area contributed by atoms with Crippen LogP contribution in [0.1, 0.15) is 12.8 Å². The lowest BCUT2D eigenvalue weighted by molar-refractivity contribution is -0.117. The molecule has 90 valence electrons. The molecule has 1 amide bonds. The Balaban J connectivity index is 1.90. The third-order valence-electron chi connectivity index (χ3n) is 3.71. The molecule has 1 aromatic carbocycles. The van der Waals surface area contributed by atoms with E-state index in [1.807, 2.05) is 4.90 Å². The van der Waals surface area contributed by atoms with Gasteiger partial charge in [0, 0.05) is 30.6 Å². The van der Waals surface area contributed by atoms with Crippen molar-refractivity contribution in [3.05, 3.63) is 30.1 Å². The monoisotopic (exact) mass is 234 g/mol. The number of nitrogens with one attached hydrogen (secondary N) is 1. The van der Waals surface area contributed by atoms with Crippen LogP contribution in [0.4, 0.5) is 10.1 Å². The van der Waals surface area contributed by atoms with Crippen LogP contribution >= 0.6 is 0 Å². The topological polar surface area (TPSA) is 32.3 Å². The van der Waals surface area contributed by atoms with E-state index < -0.39 is 0 Å². The molecule has 4 heteroatoms. The first-order valence-corrected chi connectivity index (χ1v) is 6.04. The van der Waals surface area contributed by atoms with E-state index in [9.17, 15) is 9.18 Å². The van der Waals surface area contributed by atoms with Crippen LogP contribution in [0.25, 0.3) is 0 Å². The van der Waals surface area contributed by atoms with Gasteiger partial charge >= 0.3 is 0 Å². The Kier molecular flexibility index (Phi) is 2.59. The average Bonchev–Trinajstić information content (AvgIpc) is 2.66. The lowest BCUT2D eigenvalue weighted by atomic mass is 9.94. The summed E-state index contributed by atoms with van der Waals surface area (Å²) in [5.74, 6) is 0.305. The van der Waals surface area contributed by atoms with Gasteiger partial charge in [0.15, 0.2) is 0 Å². The smallest absolute Gasteiger partial charge is 0.227 e. The predicted octanol–water partition coefficient (Wildman–Crippen LogP) is 1.54. The summed E-state index contributed by atoms with van der Waals surface area (Å²) in [4.78, 5) is 13.9. The fourth-order valence-corrected chi connectivity index (χ4v) is 2.90. The molecule has 0 radical (unpaired) electrons. The molecule has 0 aromatic heterocycles. The van der Waals surface area contributed by atoms with Crippen LogP contribution < -0.4 is 10.2 Å². The Hall–Kier alpha value is -1.42. The highest BCUT2D eigenvalue weighted by molar-refractivity contribution is 5.96. The minimum Gasteiger partial charge on any atom is -0.316 e. The maximum absolute atomic E-state index is 12.9. The number of rotatable bonds is 1. The van der Waals surface area contributed by atoms with Crippen molar-refractivity contribution >= 4 is 11.6 Å². The molecule has 3 rings (SSSR count). The summed E-state index contributed by atoms with van der Waals surface area (Å²) in [6.45, 7) is 1.86. The fraction of sp³-hybridized carbons (Fsp3) is 0.462. The maximum Gasteiger partial charge on any atom is 0.227 e. The van der Waals surface area contributed by atoms with Gasteiger partial charge in [0.25, 0.3) is 0 Å². The van der Waals surface area contributed by atoms with E-state index in [1.165, 1.54) is 12.1 Å². The molecule has 0 saturated carbocycles. The van der Waals surface area contributed by atoms with Gasteiger partial charge in [0.2, 0.25) is 5.91 Å². The molecule has 2 saturated heterocycles. The molecule has 2 fully saturated rings. The summed E-state index contributed by atoms with van der Waals surface area (Å²) in [5.41, 5.74) is 0.825. The number of carbonyl (C=O) groups is 1. The number of amides is 1. The van der Waals surface area contributed by atoms with Crippen molar-refractivity contribution in [2.45, 2.75) is 18.9 Å². The predicted molar refractivity (Wildman–Crippen MR) is 63.3 cm³/mol. The zero-order chi connectivity index (χ0) is 11.8. The largest absolute Gasteiger partial charge is 0.316 e. The van der Waals surface area contributed by atoms with Crippen molar-refractivity contribution in [3.63, 3.8) is 0 Å². The SMILES string of the molecule is O=C1CC2CNCCC2N1c1ccc(F)cc1. The second-order valence-electron chi connectivity index (χ2n) is 4.76. The van der Waals surface area contributed by atoms with Crippen LogP contribution in [0.3, 0.4) is 0 Å². The van der Waals surface area contributed by atoms with Crippen LogP contribution in [0, 0.1) is 11.7 Å². The quantitative estimate of drug-likeness (QED) is 0.799. The van der Waals surface area contributed by atoms with Gasteiger partial charge in [-0.25, -0.2) is 4.39 Å². The Bertz CT molecular complexity index is 432. The highest BCUT2D eigenvalue weighted by atomic mass is 19.1. The number of anilines is 1. The highest BCUT2D eigenvalue weighted by Crippen LogP contribution is 2.33. The van der Waals surface area contributed by atoms with E-state index in [0.717, 1.165) is 25.2 Å². The number of hydrogen-bond donors (Lipinski definition) is 1. The molecule has 17 heavy (non-hydrogen) atoms. The van der Waals surface area contributed by atoms with Crippen molar-refractivity contribution in [2.24, 2.45) is 5.92 Å². The van der Waals surface area contributed by atoms with E-state index in [4.69, 9.17) is 0 Å². The van der Waals surface area contributed by atoms with Gasteiger partial charge in [-0.15, -0.1) is 0 Å². The first-order chi connectivity index (χ1) is 8.25. The molecule has 2 atom stereocenters. The van der Waals surface area contributed by atoms with E-state index in [1.54, 1.807) is 12.1 Å². The summed E-state index contributed by atoms with van der Waals surface area (Å²) in [6, 6.07) is 6.50. The molecule has 1 aromatic rings. The van der Waals surface area contributed by atoms with Gasteiger partial charge in [-0.05, 0) is 37.2 Å². The zero-order valence-corrected chi connectivity index (χ0v) is 9.53. The van der Waals surface area contributed by atoms with Gasteiger partial charge in [-0.3, -0.25) is 4.79 Å². The molecular weight excluding hydrogens is 219 g/mol. The Morgan fingerprint density at radius 3 is 2.82 bits per heavy atom. The number of halogens is 1. The summed E-state index contributed by atoms with van der Waals surface area (Å²) in [6.07, 6.45) is 1.59. The molecule has 2 aliphatic heterocycles. The van der Waals surface area contributed by atoms with Crippen LogP contribution in [0.5, 0.6) is 0 Å². The number of piperidine rings is 1. The summed E-state index contributed by atoms with van der Waals surface area (Å²) < 4.78 is 12.9. The lowest BCUT2D eigenvalue weighted by Crippen LogP contribution is -2.44. The van der Waals surface area contributed by atoms with E-state index in [0.29, 0.717) is 12.3 Å². The second-order valence-corrected chi connectivity index (χ2v) is 4.76. The van der Waals surface area contributed by atoms with Crippen LogP contribution in [0.2, 0.25) is 0 Å². The Morgan fingerprint density at radius 2 is 2.06 bits per heavy atom. The van der Waals surface area contributed by atoms with Gasteiger partial charge in [0.1, 0.15) is 5.82 Å². The zero-order valence-electron chi connectivity index (χ0n) is 9.53. The Morgan fingerprint density at radius 1 is 1.29 bits per heavy atom. The molecule has 2 heterocycles. The molecule has 0 bridgehead atoms. The average molecular weight is 234 g/mol. The van der Waals surface area contributed by atoms with Gasteiger partial charge < -0.3 is 10.2 Å². The first-order valence-electron chi connectivity index (χ1n) is 6.04. The fourth-order valence-electron chi connectivity index (χ4n) is 2.90. The molecule has 2 unspecified atom stereocenters. The van der Waals surface area contributed by atoms with Crippen molar-refractivity contribution in [3.8, 4) is 0 Å². The van der Waals surface area contributed by atoms with Crippen molar-refractivity contribution in [1.29, 1.82) is 0 Å². The molecule has 3 nitrogen and oxygen atoms in total. The third-order valence-corrected chi connectivity index (χ3v) is 3.71. The minimum atomic E-state index is -0.262. The maximum atomic E-state index is 12.9. The van der Waals surface area contributed by atoms with Crippen molar-refractivity contribution < 1.29 is 9.18 Å².